The number of benzene rings is 1. The van der Waals surface area contributed by atoms with Crippen LogP contribution in [0.3, 0.4) is 0 Å². The van der Waals surface area contributed by atoms with Gasteiger partial charge in [-0.15, -0.1) is 0 Å². The molecule has 0 saturated carbocycles. The highest BCUT2D eigenvalue weighted by Gasteiger charge is 2.24. The average molecular weight is 242 g/mol. The number of halogens is 2. The van der Waals surface area contributed by atoms with Crippen molar-refractivity contribution >= 4 is 0 Å². The molecule has 0 heterocycles. The zero-order valence-electron chi connectivity index (χ0n) is 10.5. The molecule has 96 valence electrons. The van der Waals surface area contributed by atoms with Crippen LogP contribution in [0.5, 0.6) is 0 Å². The summed E-state index contributed by atoms with van der Waals surface area (Å²) in [7, 11) is 1.82. The molecule has 1 aromatic rings. The summed E-state index contributed by atoms with van der Waals surface area (Å²) in [5, 5.41) is 3.04. The largest absolute Gasteiger partial charge is 0.324 e. The predicted molar refractivity (Wildman–Crippen MR) is 65.5 cm³/mol. The van der Waals surface area contributed by atoms with E-state index >= 15 is 0 Å². The molecule has 1 aromatic carbocycles. The summed E-state index contributed by atoms with van der Waals surface area (Å²) in [4.78, 5) is 0. The van der Waals surface area contributed by atoms with Crippen molar-refractivity contribution in [1.29, 1.82) is 0 Å². The maximum atomic E-state index is 13.6. The highest BCUT2D eigenvalue weighted by Crippen LogP contribution is 2.27. The number of nitrogens with two attached hydrogens (primary N) is 1. The van der Waals surface area contributed by atoms with Crippen LogP contribution >= 0.6 is 0 Å². The lowest BCUT2D eigenvalue weighted by molar-refractivity contribution is 0.308. The first-order valence-corrected chi connectivity index (χ1v) is 5.82. The summed E-state index contributed by atoms with van der Waals surface area (Å²) < 4.78 is 26.7. The summed E-state index contributed by atoms with van der Waals surface area (Å²) in [6.45, 7) is 4.73. The average Bonchev–Trinajstić information content (AvgIpc) is 2.28. The Bertz CT molecular complexity index is 366. The molecular formula is C13H20F2N2. The molecule has 3 N–H and O–H groups in total. The van der Waals surface area contributed by atoms with Crippen molar-refractivity contribution in [3.8, 4) is 0 Å². The molecular weight excluding hydrogens is 222 g/mol. The Morgan fingerprint density at radius 2 is 1.94 bits per heavy atom. The summed E-state index contributed by atoms with van der Waals surface area (Å²) in [6, 6.07) is 2.92. The minimum absolute atomic E-state index is 0.0660. The van der Waals surface area contributed by atoms with Crippen molar-refractivity contribution in [2.45, 2.75) is 19.9 Å². The highest BCUT2D eigenvalue weighted by atomic mass is 19.1. The third-order valence-electron chi connectivity index (χ3n) is 3.07. The fourth-order valence-electron chi connectivity index (χ4n) is 2.01. The van der Waals surface area contributed by atoms with E-state index in [-0.39, 0.29) is 11.5 Å². The molecule has 0 fully saturated rings. The molecule has 2 nitrogen and oxygen atoms in total. The van der Waals surface area contributed by atoms with Gasteiger partial charge in [-0.1, -0.05) is 13.8 Å². The van der Waals surface area contributed by atoms with Gasteiger partial charge in [0.2, 0.25) is 0 Å². The van der Waals surface area contributed by atoms with Crippen LogP contribution in [-0.4, -0.2) is 13.6 Å². The Morgan fingerprint density at radius 1 is 1.29 bits per heavy atom. The molecule has 4 heteroatoms. The van der Waals surface area contributed by atoms with E-state index in [9.17, 15) is 8.78 Å². The van der Waals surface area contributed by atoms with Crippen LogP contribution in [0.2, 0.25) is 0 Å². The molecule has 0 aromatic heterocycles. The van der Waals surface area contributed by atoms with Gasteiger partial charge in [-0.05, 0) is 43.6 Å². The van der Waals surface area contributed by atoms with E-state index in [2.05, 4.69) is 5.32 Å². The molecule has 2 atom stereocenters. The number of hydrogen-bond donors (Lipinski definition) is 2. The van der Waals surface area contributed by atoms with Crippen LogP contribution in [0.4, 0.5) is 8.78 Å². The molecule has 1 rings (SSSR count). The Kier molecular flexibility index (Phi) is 5.02. The van der Waals surface area contributed by atoms with Crippen LogP contribution < -0.4 is 11.1 Å². The van der Waals surface area contributed by atoms with Crippen LogP contribution in [0, 0.1) is 23.5 Å². The summed E-state index contributed by atoms with van der Waals surface area (Å²) >= 11 is 0. The molecule has 0 amide bonds. The van der Waals surface area contributed by atoms with Gasteiger partial charge < -0.3 is 11.1 Å². The zero-order valence-corrected chi connectivity index (χ0v) is 10.5. The van der Waals surface area contributed by atoms with Gasteiger partial charge in [0.15, 0.2) is 0 Å². The fourth-order valence-corrected chi connectivity index (χ4v) is 2.01. The normalized spacial score (nSPS) is 15.0. The van der Waals surface area contributed by atoms with E-state index in [1.165, 1.54) is 6.07 Å². The van der Waals surface area contributed by atoms with E-state index in [0.717, 1.165) is 12.1 Å². The summed E-state index contributed by atoms with van der Waals surface area (Å²) in [6.07, 6.45) is 0. The molecule has 0 spiro atoms. The van der Waals surface area contributed by atoms with Crippen molar-refractivity contribution in [3.63, 3.8) is 0 Å². The first-order chi connectivity index (χ1) is 7.97. The Morgan fingerprint density at radius 3 is 2.47 bits per heavy atom. The first-order valence-electron chi connectivity index (χ1n) is 5.82. The van der Waals surface area contributed by atoms with Crippen LogP contribution in [0.1, 0.15) is 25.5 Å². The number of nitrogens with one attached hydrogen (secondary N) is 1. The highest BCUT2D eigenvalue weighted by molar-refractivity contribution is 5.23. The second kappa shape index (κ2) is 6.07. The van der Waals surface area contributed by atoms with Crippen LogP contribution in [-0.2, 0) is 0 Å². The molecule has 0 radical (unpaired) electrons. The quantitative estimate of drug-likeness (QED) is 0.832. The minimum Gasteiger partial charge on any atom is -0.324 e. The third kappa shape index (κ3) is 3.48. The maximum Gasteiger partial charge on any atom is 0.128 e. The summed E-state index contributed by atoms with van der Waals surface area (Å²) in [5.41, 5.74) is 6.30. The van der Waals surface area contributed by atoms with Crippen molar-refractivity contribution in [2.24, 2.45) is 17.6 Å². The smallest absolute Gasteiger partial charge is 0.128 e. The van der Waals surface area contributed by atoms with E-state index in [1.807, 2.05) is 20.9 Å². The minimum atomic E-state index is -0.502. The van der Waals surface area contributed by atoms with Gasteiger partial charge in [0, 0.05) is 11.6 Å². The lowest BCUT2D eigenvalue weighted by Gasteiger charge is -2.27. The molecule has 0 aliphatic rings. The van der Waals surface area contributed by atoms with Crippen molar-refractivity contribution in [2.75, 3.05) is 13.6 Å². The standard InChI is InChI=1S/C13H20F2N2/c1-8(2)11(7-17-3)13(16)10-6-9(14)4-5-12(10)15/h4-6,8,11,13,17H,7,16H2,1-3H3. The Hall–Kier alpha value is -1.00. The second-order valence-electron chi connectivity index (χ2n) is 4.66. The van der Waals surface area contributed by atoms with Gasteiger partial charge in [0.05, 0.1) is 0 Å². The molecule has 0 aliphatic carbocycles. The van der Waals surface area contributed by atoms with Gasteiger partial charge in [0.25, 0.3) is 0 Å². The monoisotopic (exact) mass is 242 g/mol. The first kappa shape index (κ1) is 14.1. The van der Waals surface area contributed by atoms with Gasteiger partial charge in [-0.25, -0.2) is 8.78 Å². The third-order valence-corrected chi connectivity index (χ3v) is 3.07. The number of rotatable bonds is 5. The Labute approximate surface area is 101 Å². The SMILES string of the molecule is CNCC(C(C)C)C(N)c1cc(F)ccc1F. The van der Waals surface area contributed by atoms with Crippen molar-refractivity contribution in [3.05, 3.63) is 35.4 Å². The predicted octanol–water partition coefficient (Wildman–Crippen LogP) is 2.46. The van der Waals surface area contributed by atoms with E-state index < -0.39 is 17.7 Å². The van der Waals surface area contributed by atoms with E-state index in [1.54, 1.807) is 0 Å². The maximum absolute atomic E-state index is 13.6. The Balaban J connectivity index is 2.99. The zero-order chi connectivity index (χ0) is 13.0. The van der Waals surface area contributed by atoms with Crippen LogP contribution in [0.25, 0.3) is 0 Å². The van der Waals surface area contributed by atoms with E-state index in [4.69, 9.17) is 5.73 Å². The topological polar surface area (TPSA) is 38.0 Å². The van der Waals surface area contributed by atoms with Gasteiger partial charge >= 0.3 is 0 Å². The second-order valence-corrected chi connectivity index (χ2v) is 4.66. The molecule has 17 heavy (non-hydrogen) atoms. The molecule has 0 saturated heterocycles. The van der Waals surface area contributed by atoms with Crippen molar-refractivity contribution < 1.29 is 8.78 Å². The van der Waals surface area contributed by atoms with E-state index in [0.29, 0.717) is 12.5 Å². The van der Waals surface area contributed by atoms with Crippen molar-refractivity contribution in [1.82, 2.24) is 5.32 Å². The lowest BCUT2D eigenvalue weighted by Crippen LogP contribution is -2.33. The van der Waals surface area contributed by atoms with Gasteiger partial charge in [-0.3, -0.25) is 0 Å². The molecule has 0 aliphatic heterocycles. The van der Waals surface area contributed by atoms with Crippen LogP contribution in [0.15, 0.2) is 18.2 Å². The summed E-state index contributed by atoms with van der Waals surface area (Å²) in [5.74, 6) is -0.541. The fraction of sp³-hybridized carbons (Fsp3) is 0.538. The number of hydrogen-bond acceptors (Lipinski definition) is 2. The molecule has 0 bridgehead atoms. The lowest BCUT2D eigenvalue weighted by atomic mass is 9.85. The van der Waals surface area contributed by atoms with Gasteiger partial charge in [-0.2, -0.15) is 0 Å². The van der Waals surface area contributed by atoms with Gasteiger partial charge in [0.1, 0.15) is 11.6 Å². The molecule has 2 unspecified atom stereocenters.